The molecule has 0 aromatic heterocycles. The lowest BCUT2D eigenvalue weighted by Crippen LogP contribution is -2.51. The maximum absolute atomic E-state index is 12.4. The lowest BCUT2D eigenvalue weighted by atomic mass is 10.1. The van der Waals surface area contributed by atoms with Crippen LogP contribution in [0.5, 0.6) is 0 Å². The Labute approximate surface area is 132 Å². The number of nitrogens with zero attached hydrogens (tertiary/aromatic N) is 1. The third kappa shape index (κ3) is 3.73. The maximum atomic E-state index is 12.4. The first kappa shape index (κ1) is 16.0. The molecule has 3 nitrogen and oxygen atoms in total. The van der Waals surface area contributed by atoms with Crippen LogP contribution in [0.3, 0.4) is 0 Å². The van der Waals surface area contributed by atoms with Gasteiger partial charge in [0.15, 0.2) is 0 Å². The molecule has 2 rings (SSSR count). The summed E-state index contributed by atoms with van der Waals surface area (Å²) in [7, 11) is 0. The summed E-state index contributed by atoms with van der Waals surface area (Å²) < 4.78 is 0.947. The molecule has 1 fully saturated rings. The van der Waals surface area contributed by atoms with Crippen molar-refractivity contribution in [3.63, 3.8) is 0 Å². The molecule has 0 aliphatic carbocycles. The molecule has 1 N–H and O–H groups in total. The summed E-state index contributed by atoms with van der Waals surface area (Å²) in [5.41, 5.74) is 0.701. The summed E-state index contributed by atoms with van der Waals surface area (Å²) in [4.78, 5) is 14.2. The molecular weight excluding hydrogens is 386 g/mol. The number of carbonyl (C=O) groups excluding carboxylic acids is 1. The minimum atomic E-state index is 0. The van der Waals surface area contributed by atoms with Crippen LogP contribution in [0.2, 0.25) is 5.02 Å². The van der Waals surface area contributed by atoms with E-state index in [-0.39, 0.29) is 18.3 Å². The molecule has 1 aliphatic heterocycles. The van der Waals surface area contributed by atoms with Gasteiger partial charge in [-0.1, -0.05) is 11.6 Å². The van der Waals surface area contributed by atoms with Gasteiger partial charge in [-0.05, 0) is 47.7 Å². The number of rotatable bonds is 1. The van der Waals surface area contributed by atoms with E-state index in [0.717, 1.165) is 23.2 Å². The SMILES string of the molecule is C[C@@H]1CN(C(=O)c2cc(Cl)ccc2I)CCN1.Cl. The zero-order valence-electron chi connectivity index (χ0n) is 9.95. The second-order valence-electron chi connectivity index (χ2n) is 4.23. The zero-order valence-corrected chi connectivity index (χ0v) is 13.7. The van der Waals surface area contributed by atoms with Gasteiger partial charge in [0, 0.05) is 34.3 Å². The first-order chi connectivity index (χ1) is 8.08. The van der Waals surface area contributed by atoms with Gasteiger partial charge >= 0.3 is 0 Å². The van der Waals surface area contributed by atoms with E-state index in [0.29, 0.717) is 16.6 Å². The summed E-state index contributed by atoms with van der Waals surface area (Å²) >= 11 is 8.11. The Morgan fingerprint density at radius 3 is 2.94 bits per heavy atom. The number of nitrogens with one attached hydrogen (secondary N) is 1. The Balaban J connectivity index is 0.00000162. The largest absolute Gasteiger partial charge is 0.336 e. The van der Waals surface area contributed by atoms with Gasteiger partial charge in [0.1, 0.15) is 0 Å². The summed E-state index contributed by atoms with van der Waals surface area (Å²) in [6.07, 6.45) is 0. The monoisotopic (exact) mass is 400 g/mol. The van der Waals surface area contributed by atoms with Crippen molar-refractivity contribution in [2.75, 3.05) is 19.6 Å². The van der Waals surface area contributed by atoms with E-state index < -0.39 is 0 Å². The van der Waals surface area contributed by atoms with Gasteiger partial charge in [0.2, 0.25) is 0 Å². The first-order valence-electron chi connectivity index (χ1n) is 5.55. The van der Waals surface area contributed by atoms with Gasteiger partial charge in [0.05, 0.1) is 5.56 Å². The van der Waals surface area contributed by atoms with Crippen molar-refractivity contribution in [1.82, 2.24) is 10.2 Å². The maximum Gasteiger partial charge on any atom is 0.255 e. The second kappa shape index (κ2) is 6.93. The number of halogens is 3. The van der Waals surface area contributed by atoms with Crippen molar-refractivity contribution in [3.05, 3.63) is 32.4 Å². The van der Waals surface area contributed by atoms with Gasteiger partial charge < -0.3 is 10.2 Å². The quantitative estimate of drug-likeness (QED) is 0.735. The van der Waals surface area contributed by atoms with Gasteiger partial charge in [-0.15, -0.1) is 12.4 Å². The predicted molar refractivity (Wildman–Crippen MR) is 84.8 cm³/mol. The summed E-state index contributed by atoms with van der Waals surface area (Å²) in [5, 5.41) is 3.93. The van der Waals surface area contributed by atoms with Crippen molar-refractivity contribution >= 4 is 52.5 Å². The molecule has 0 bridgehead atoms. The highest BCUT2D eigenvalue weighted by molar-refractivity contribution is 14.1. The minimum absolute atomic E-state index is 0. The smallest absolute Gasteiger partial charge is 0.255 e. The minimum Gasteiger partial charge on any atom is -0.336 e. The Hall–Kier alpha value is -0.0400. The number of carbonyl (C=O) groups is 1. The van der Waals surface area contributed by atoms with Crippen LogP contribution >= 0.6 is 46.6 Å². The highest BCUT2D eigenvalue weighted by Gasteiger charge is 2.23. The Bertz CT molecular complexity index is 442. The van der Waals surface area contributed by atoms with E-state index in [1.54, 1.807) is 12.1 Å². The molecule has 18 heavy (non-hydrogen) atoms. The lowest BCUT2D eigenvalue weighted by molar-refractivity contribution is 0.0708. The molecule has 0 radical (unpaired) electrons. The van der Waals surface area contributed by atoms with Crippen molar-refractivity contribution in [2.24, 2.45) is 0 Å². The van der Waals surface area contributed by atoms with E-state index >= 15 is 0 Å². The lowest BCUT2D eigenvalue weighted by Gasteiger charge is -2.32. The van der Waals surface area contributed by atoms with E-state index in [1.165, 1.54) is 0 Å². The van der Waals surface area contributed by atoms with Gasteiger partial charge in [0.25, 0.3) is 5.91 Å². The fraction of sp³-hybridized carbons (Fsp3) is 0.417. The van der Waals surface area contributed by atoms with Crippen molar-refractivity contribution in [3.8, 4) is 0 Å². The number of hydrogen-bond acceptors (Lipinski definition) is 2. The summed E-state index contributed by atoms with van der Waals surface area (Å²) in [6, 6.07) is 5.78. The van der Waals surface area contributed by atoms with Crippen molar-refractivity contribution in [2.45, 2.75) is 13.0 Å². The summed E-state index contributed by atoms with van der Waals surface area (Å²) in [5.74, 6) is 0.0743. The Kier molecular flexibility index (Phi) is 6.17. The van der Waals surface area contributed by atoms with Crippen LogP contribution in [0.15, 0.2) is 18.2 Å². The number of benzene rings is 1. The van der Waals surface area contributed by atoms with E-state index in [9.17, 15) is 4.79 Å². The van der Waals surface area contributed by atoms with Crippen LogP contribution in [0, 0.1) is 3.57 Å². The highest BCUT2D eigenvalue weighted by atomic mass is 127. The van der Waals surface area contributed by atoms with Crippen LogP contribution in [0.1, 0.15) is 17.3 Å². The van der Waals surface area contributed by atoms with Crippen LogP contribution in [0.4, 0.5) is 0 Å². The van der Waals surface area contributed by atoms with E-state index in [1.807, 2.05) is 11.0 Å². The average molecular weight is 401 g/mol. The third-order valence-corrected chi connectivity index (χ3v) is 3.99. The highest BCUT2D eigenvalue weighted by Crippen LogP contribution is 2.20. The molecule has 1 atom stereocenters. The van der Waals surface area contributed by atoms with Crippen molar-refractivity contribution in [1.29, 1.82) is 0 Å². The molecule has 1 aliphatic rings. The number of piperazine rings is 1. The molecular formula is C12H15Cl2IN2O. The molecule has 1 aromatic carbocycles. The van der Waals surface area contributed by atoms with Gasteiger partial charge in [-0.2, -0.15) is 0 Å². The Morgan fingerprint density at radius 2 is 2.28 bits per heavy atom. The topological polar surface area (TPSA) is 32.3 Å². The molecule has 0 spiro atoms. The van der Waals surface area contributed by atoms with Crippen LogP contribution in [0.25, 0.3) is 0 Å². The second-order valence-corrected chi connectivity index (χ2v) is 5.83. The fourth-order valence-electron chi connectivity index (χ4n) is 1.95. The zero-order chi connectivity index (χ0) is 12.4. The average Bonchev–Trinajstić information content (AvgIpc) is 2.31. The first-order valence-corrected chi connectivity index (χ1v) is 7.01. The fourth-order valence-corrected chi connectivity index (χ4v) is 2.69. The van der Waals surface area contributed by atoms with Crippen LogP contribution < -0.4 is 5.32 Å². The molecule has 6 heteroatoms. The molecule has 1 amide bonds. The predicted octanol–water partition coefficient (Wildman–Crippen LogP) is 2.80. The molecule has 0 saturated carbocycles. The van der Waals surface area contributed by atoms with E-state index in [4.69, 9.17) is 11.6 Å². The Morgan fingerprint density at radius 1 is 1.56 bits per heavy atom. The van der Waals surface area contributed by atoms with E-state index in [2.05, 4.69) is 34.8 Å². The standard InChI is InChI=1S/C12H14ClIN2O.ClH/c1-8-7-16(5-4-15-8)12(17)10-6-9(13)2-3-11(10)14;/h2-3,6,8,15H,4-5,7H2,1H3;1H/t8-;/m1./s1. The molecule has 1 aromatic rings. The number of amides is 1. The number of hydrogen-bond donors (Lipinski definition) is 1. The molecule has 0 unspecified atom stereocenters. The van der Waals surface area contributed by atoms with Crippen molar-refractivity contribution < 1.29 is 4.79 Å². The molecule has 100 valence electrons. The molecule has 1 heterocycles. The van der Waals surface area contributed by atoms with Gasteiger partial charge in [-0.25, -0.2) is 0 Å². The normalized spacial score (nSPS) is 19.3. The van der Waals surface area contributed by atoms with Crippen LogP contribution in [-0.2, 0) is 0 Å². The summed E-state index contributed by atoms with van der Waals surface area (Å²) in [6.45, 7) is 4.44. The third-order valence-electron chi connectivity index (χ3n) is 2.81. The molecule has 1 saturated heterocycles. The van der Waals surface area contributed by atoms with Crippen LogP contribution in [-0.4, -0.2) is 36.5 Å². The van der Waals surface area contributed by atoms with Gasteiger partial charge in [-0.3, -0.25) is 4.79 Å².